The van der Waals surface area contributed by atoms with Crippen LogP contribution in [0.3, 0.4) is 0 Å². The smallest absolute Gasteiger partial charge is 0.264 e. The lowest BCUT2D eigenvalue weighted by molar-refractivity contribution is 0.988. The van der Waals surface area contributed by atoms with Gasteiger partial charge in [0.2, 0.25) is 0 Å². The molecule has 0 unspecified atom stereocenters. The number of pyridine rings is 1. The van der Waals surface area contributed by atoms with Crippen LogP contribution in [0, 0.1) is 0 Å². The van der Waals surface area contributed by atoms with Gasteiger partial charge in [0.05, 0.1) is 5.69 Å². The largest absolute Gasteiger partial charge is 0.268 e. The van der Waals surface area contributed by atoms with Crippen LogP contribution >= 0.6 is 0 Å². The third-order valence-electron chi connectivity index (χ3n) is 2.24. The summed E-state index contributed by atoms with van der Waals surface area (Å²) >= 11 is 0. The molecule has 0 aliphatic rings. The summed E-state index contributed by atoms with van der Waals surface area (Å²) in [7, 11) is 0. The molecule has 0 saturated carbocycles. The van der Waals surface area contributed by atoms with Crippen molar-refractivity contribution in [1.82, 2.24) is 15.2 Å². The molecule has 0 aliphatic heterocycles. The second kappa shape index (κ2) is 4.04. The normalized spacial score (nSPS) is 10.2. The third kappa shape index (κ3) is 1.93. The Morgan fingerprint density at radius 1 is 1.33 bits per heavy atom. The molecule has 0 atom stereocenters. The highest BCUT2D eigenvalue weighted by Gasteiger charge is 2.04. The van der Waals surface area contributed by atoms with Gasteiger partial charge in [-0.25, -0.2) is 5.10 Å². The average Bonchev–Trinajstić information content (AvgIpc) is 2.30. The number of hydrogen-bond acceptors (Lipinski definition) is 3. The van der Waals surface area contributed by atoms with Crippen molar-refractivity contribution in [3.05, 3.63) is 46.5 Å². The molecule has 0 radical (unpaired) electrons. The van der Waals surface area contributed by atoms with Crippen molar-refractivity contribution in [3.8, 4) is 11.3 Å². The first kappa shape index (κ1) is 9.58. The predicted octanol–water partition coefficient (Wildman–Crippen LogP) is 1.39. The molecule has 4 heteroatoms. The van der Waals surface area contributed by atoms with Crippen molar-refractivity contribution in [3.63, 3.8) is 0 Å². The maximum Gasteiger partial charge on any atom is 0.264 e. The van der Waals surface area contributed by atoms with Crippen molar-refractivity contribution in [2.45, 2.75) is 13.3 Å². The highest BCUT2D eigenvalue weighted by molar-refractivity contribution is 5.61. The Morgan fingerprint density at radius 3 is 2.87 bits per heavy atom. The maximum atomic E-state index is 10.9. The van der Waals surface area contributed by atoms with Crippen molar-refractivity contribution >= 4 is 0 Å². The molecule has 0 fully saturated rings. The molecule has 2 heterocycles. The second-order valence-corrected chi connectivity index (χ2v) is 3.19. The van der Waals surface area contributed by atoms with Gasteiger partial charge in [0.1, 0.15) is 0 Å². The number of hydrogen-bond donors (Lipinski definition) is 1. The molecule has 0 aromatic carbocycles. The Morgan fingerprint density at radius 2 is 2.20 bits per heavy atom. The SMILES string of the molecule is CCc1cnccc1-c1ccc(=O)[nH]n1. The summed E-state index contributed by atoms with van der Waals surface area (Å²) in [6, 6.07) is 5.09. The summed E-state index contributed by atoms with van der Waals surface area (Å²) in [5, 5.41) is 6.42. The maximum absolute atomic E-state index is 10.9. The van der Waals surface area contributed by atoms with E-state index in [1.165, 1.54) is 6.07 Å². The molecule has 0 saturated heterocycles. The minimum Gasteiger partial charge on any atom is -0.268 e. The predicted molar refractivity (Wildman–Crippen MR) is 57.5 cm³/mol. The molecular formula is C11H11N3O. The molecule has 76 valence electrons. The highest BCUT2D eigenvalue weighted by atomic mass is 16.1. The lowest BCUT2D eigenvalue weighted by atomic mass is 10.1. The molecule has 0 spiro atoms. The number of nitrogens with one attached hydrogen (secondary N) is 1. The van der Waals surface area contributed by atoms with Crippen molar-refractivity contribution in [2.24, 2.45) is 0 Å². The van der Waals surface area contributed by atoms with E-state index in [4.69, 9.17) is 0 Å². The van der Waals surface area contributed by atoms with Crippen molar-refractivity contribution in [1.29, 1.82) is 0 Å². The van der Waals surface area contributed by atoms with E-state index >= 15 is 0 Å². The minimum atomic E-state index is -0.189. The molecule has 0 amide bonds. The van der Waals surface area contributed by atoms with Crippen LogP contribution in [0.5, 0.6) is 0 Å². The van der Waals surface area contributed by atoms with E-state index in [-0.39, 0.29) is 5.56 Å². The zero-order valence-electron chi connectivity index (χ0n) is 8.40. The zero-order chi connectivity index (χ0) is 10.7. The highest BCUT2D eigenvalue weighted by Crippen LogP contribution is 2.19. The fourth-order valence-electron chi connectivity index (χ4n) is 1.45. The quantitative estimate of drug-likeness (QED) is 0.798. The zero-order valence-corrected chi connectivity index (χ0v) is 8.40. The molecule has 2 rings (SSSR count). The van der Waals surface area contributed by atoms with Crippen molar-refractivity contribution < 1.29 is 0 Å². The minimum absolute atomic E-state index is 0.189. The van der Waals surface area contributed by atoms with Crippen LogP contribution in [0.25, 0.3) is 11.3 Å². The van der Waals surface area contributed by atoms with Gasteiger partial charge in [-0.1, -0.05) is 6.92 Å². The van der Waals surface area contributed by atoms with Gasteiger partial charge in [-0.15, -0.1) is 0 Å². The average molecular weight is 201 g/mol. The van der Waals surface area contributed by atoms with Gasteiger partial charge < -0.3 is 0 Å². The van der Waals surface area contributed by atoms with Gasteiger partial charge in [0.25, 0.3) is 5.56 Å². The van der Waals surface area contributed by atoms with Gasteiger partial charge in [0.15, 0.2) is 0 Å². The van der Waals surface area contributed by atoms with Crippen LogP contribution in [0.1, 0.15) is 12.5 Å². The Bertz CT molecular complexity index is 499. The Labute approximate surface area is 87.0 Å². The molecule has 0 bridgehead atoms. The molecule has 2 aromatic heterocycles. The van der Waals surface area contributed by atoms with Crippen LogP contribution in [-0.4, -0.2) is 15.2 Å². The number of aromatic nitrogens is 3. The number of aryl methyl sites for hydroxylation is 1. The van der Waals surface area contributed by atoms with Crippen molar-refractivity contribution in [2.75, 3.05) is 0 Å². The van der Waals surface area contributed by atoms with E-state index in [0.29, 0.717) is 0 Å². The molecule has 1 N–H and O–H groups in total. The number of aromatic amines is 1. The van der Waals surface area contributed by atoms with E-state index in [1.807, 2.05) is 12.3 Å². The fourth-order valence-corrected chi connectivity index (χ4v) is 1.45. The van der Waals surface area contributed by atoms with Gasteiger partial charge in [-0.05, 0) is 24.1 Å². The summed E-state index contributed by atoms with van der Waals surface area (Å²) in [4.78, 5) is 14.9. The topological polar surface area (TPSA) is 58.6 Å². The monoisotopic (exact) mass is 201 g/mol. The first-order chi connectivity index (χ1) is 7.31. The number of nitrogens with zero attached hydrogens (tertiary/aromatic N) is 2. The van der Waals surface area contributed by atoms with Gasteiger partial charge in [-0.2, -0.15) is 5.10 Å². The third-order valence-corrected chi connectivity index (χ3v) is 2.24. The summed E-state index contributed by atoms with van der Waals surface area (Å²) in [6.45, 7) is 2.06. The van der Waals surface area contributed by atoms with Crippen LogP contribution < -0.4 is 5.56 Å². The first-order valence-corrected chi connectivity index (χ1v) is 4.80. The summed E-state index contributed by atoms with van der Waals surface area (Å²) in [6.07, 6.45) is 4.44. The molecular weight excluding hydrogens is 190 g/mol. The molecule has 4 nitrogen and oxygen atoms in total. The second-order valence-electron chi connectivity index (χ2n) is 3.19. The Kier molecular flexibility index (Phi) is 2.58. The van der Waals surface area contributed by atoms with Crippen LogP contribution in [0.2, 0.25) is 0 Å². The lowest BCUT2D eigenvalue weighted by Crippen LogP contribution is -2.06. The summed E-state index contributed by atoms with van der Waals surface area (Å²) < 4.78 is 0. The summed E-state index contributed by atoms with van der Waals surface area (Å²) in [5.74, 6) is 0. The van der Waals surface area contributed by atoms with Crippen LogP contribution in [0.15, 0.2) is 35.4 Å². The standard InChI is InChI=1S/C11H11N3O/c1-2-8-7-12-6-5-9(8)10-3-4-11(15)14-13-10/h3-7H,2H2,1H3,(H,14,15). The Hall–Kier alpha value is -1.97. The van der Waals surface area contributed by atoms with E-state index < -0.39 is 0 Å². The molecule has 15 heavy (non-hydrogen) atoms. The van der Waals surface area contributed by atoms with E-state index in [0.717, 1.165) is 23.2 Å². The molecule has 0 aliphatic carbocycles. The van der Waals surface area contributed by atoms with Gasteiger partial charge in [0, 0.05) is 24.0 Å². The van der Waals surface area contributed by atoms with E-state index in [1.54, 1.807) is 12.3 Å². The van der Waals surface area contributed by atoms with E-state index in [2.05, 4.69) is 22.1 Å². The van der Waals surface area contributed by atoms with Gasteiger partial charge >= 0.3 is 0 Å². The van der Waals surface area contributed by atoms with Crippen LogP contribution in [0.4, 0.5) is 0 Å². The van der Waals surface area contributed by atoms with E-state index in [9.17, 15) is 4.79 Å². The van der Waals surface area contributed by atoms with Crippen LogP contribution in [-0.2, 0) is 6.42 Å². The lowest BCUT2D eigenvalue weighted by Gasteiger charge is -2.04. The number of H-pyrrole nitrogens is 1. The molecule has 2 aromatic rings. The first-order valence-electron chi connectivity index (χ1n) is 4.80. The number of rotatable bonds is 2. The van der Waals surface area contributed by atoms with Gasteiger partial charge in [-0.3, -0.25) is 9.78 Å². The Balaban J connectivity index is 2.53. The fraction of sp³-hybridized carbons (Fsp3) is 0.182. The summed E-state index contributed by atoms with van der Waals surface area (Å²) in [5.41, 5.74) is 2.72.